The number of hydrogen-bond acceptors (Lipinski definition) is 5. The van der Waals surface area contributed by atoms with Crippen molar-refractivity contribution < 1.29 is 9.53 Å². The molecule has 1 aromatic heterocycles. The Balaban J connectivity index is 2.54. The van der Waals surface area contributed by atoms with Gasteiger partial charge in [0.25, 0.3) is 0 Å². The highest BCUT2D eigenvalue weighted by atomic mass is 16.5. The van der Waals surface area contributed by atoms with Crippen molar-refractivity contribution in [2.75, 3.05) is 26.4 Å². The molecule has 0 unspecified atom stereocenters. The molecule has 102 valence electrons. The summed E-state index contributed by atoms with van der Waals surface area (Å²) >= 11 is 0. The zero-order chi connectivity index (χ0) is 13.7. The Morgan fingerprint density at radius 2 is 2.28 bits per heavy atom. The molecule has 0 saturated heterocycles. The predicted molar refractivity (Wildman–Crippen MR) is 70.4 cm³/mol. The number of anilines is 1. The molecule has 2 N–H and O–H groups in total. The Hall–Kier alpha value is -1.56. The molecule has 1 heterocycles. The van der Waals surface area contributed by atoms with Crippen LogP contribution in [-0.4, -0.2) is 47.2 Å². The maximum Gasteiger partial charge on any atom is 0.360 e. The number of nitrogens with zero attached hydrogens (tertiary/aromatic N) is 3. The van der Waals surface area contributed by atoms with Crippen molar-refractivity contribution in [3.05, 3.63) is 12.0 Å². The van der Waals surface area contributed by atoms with Crippen LogP contribution in [0.15, 0.2) is 6.33 Å². The molecule has 0 bridgehead atoms. The minimum atomic E-state index is -0.495. The van der Waals surface area contributed by atoms with E-state index < -0.39 is 5.97 Å². The molecule has 1 aromatic rings. The van der Waals surface area contributed by atoms with Crippen LogP contribution >= 0.6 is 0 Å². The molecule has 0 aromatic carbocycles. The molecule has 18 heavy (non-hydrogen) atoms. The maximum absolute atomic E-state index is 11.3. The normalized spacial score (nSPS) is 11.2. The van der Waals surface area contributed by atoms with Gasteiger partial charge >= 0.3 is 5.97 Å². The van der Waals surface area contributed by atoms with E-state index in [4.69, 9.17) is 5.73 Å². The second kappa shape index (κ2) is 6.39. The van der Waals surface area contributed by atoms with Gasteiger partial charge in [-0.05, 0) is 33.9 Å². The smallest absolute Gasteiger partial charge is 0.360 e. The van der Waals surface area contributed by atoms with Crippen LogP contribution in [0.5, 0.6) is 0 Å². The van der Waals surface area contributed by atoms with Gasteiger partial charge in [0.2, 0.25) is 0 Å². The Kier molecular flexibility index (Phi) is 5.15. The first-order valence-corrected chi connectivity index (χ1v) is 6.06. The van der Waals surface area contributed by atoms with Gasteiger partial charge in [-0.1, -0.05) is 0 Å². The molecule has 0 radical (unpaired) electrons. The van der Waals surface area contributed by atoms with Crippen LogP contribution in [0.3, 0.4) is 0 Å². The zero-order valence-electron chi connectivity index (χ0n) is 11.5. The van der Waals surface area contributed by atoms with E-state index in [9.17, 15) is 4.79 Å². The summed E-state index contributed by atoms with van der Waals surface area (Å²) < 4.78 is 6.38. The lowest BCUT2D eigenvalue weighted by atomic mass is 10.3. The van der Waals surface area contributed by atoms with Gasteiger partial charge in [-0.25, -0.2) is 9.78 Å². The number of hydrogen-bond donors (Lipinski definition) is 1. The molecule has 0 amide bonds. The van der Waals surface area contributed by atoms with Crippen molar-refractivity contribution in [2.24, 2.45) is 0 Å². The molecule has 0 aliphatic heterocycles. The number of esters is 1. The predicted octanol–water partition coefficient (Wildman–Crippen LogP) is 0.982. The van der Waals surface area contributed by atoms with Crippen molar-refractivity contribution in [1.29, 1.82) is 0 Å². The first kappa shape index (κ1) is 14.5. The third-order valence-electron chi connectivity index (χ3n) is 3.05. The van der Waals surface area contributed by atoms with Gasteiger partial charge in [0.1, 0.15) is 5.82 Å². The van der Waals surface area contributed by atoms with Crippen molar-refractivity contribution >= 4 is 11.8 Å². The number of rotatable bonds is 6. The van der Waals surface area contributed by atoms with Gasteiger partial charge < -0.3 is 19.9 Å². The van der Waals surface area contributed by atoms with E-state index in [1.54, 1.807) is 10.9 Å². The van der Waals surface area contributed by atoms with Gasteiger partial charge in [0.15, 0.2) is 5.69 Å². The third-order valence-corrected chi connectivity index (χ3v) is 3.05. The van der Waals surface area contributed by atoms with Gasteiger partial charge in [-0.3, -0.25) is 0 Å². The van der Waals surface area contributed by atoms with Gasteiger partial charge in [-0.15, -0.1) is 0 Å². The van der Waals surface area contributed by atoms with E-state index in [0.717, 1.165) is 19.5 Å². The lowest BCUT2D eigenvalue weighted by Gasteiger charge is -2.20. The largest absolute Gasteiger partial charge is 0.464 e. The molecule has 0 aliphatic rings. The number of carbonyl (C=O) groups excluding carboxylic acids is 1. The Labute approximate surface area is 108 Å². The Morgan fingerprint density at radius 1 is 1.61 bits per heavy atom. The number of methoxy groups -OCH3 is 1. The van der Waals surface area contributed by atoms with Crippen molar-refractivity contribution in [3.63, 3.8) is 0 Å². The molecular weight excluding hydrogens is 232 g/mol. The van der Waals surface area contributed by atoms with Crippen LogP contribution < -0.4 is 5.73 Å². The number of aryl methyl sites for hydroxylation is 1. The van der Waals surface area contributed by atoms with E-state index >= 15 is 0 Å². The summed E-state index contributed by atoms with van der Waals surface area (Å²) in [6, 6.07) is 0.524. The SMILES string of the molecule is COC(=O)c1ncn(CCCN(C)C(C)C)c1N. The first-order chi connectivity index (χ1) is 8.47. The van der Waals surface area contributed by atoms with Gasteiger partial charge in [0, 0.05) is 12.6 Å². The number of nitrogen functional groups attached to an aromatic ring is 1. The lowest BCUT2D eigenvalue weighted by molar-refractivity contribution is 0.0596. The summed E-state index contributed by atoms with van der Waals surface area (Å²) in [4.78, 5) is 17.6. The highest BCUT2D eigenvalue weighted by Crippen LogP contribution is 2.11. The fraction of sp³-hybridized carbons (Fsp3) is 0.667. The Morgan fingerprint density at radius 3 is 2.83 bits per heavy atom. The second-order valence-corrected chi connectivity index (χ2v) is 4.59. The Bertz CT molecular complexity index is 401. The molecule has 6 heteroatoms. The van der Waals surface area contributed by atoms with Gasteiger partial charge in [0.05, 0.1) is 13.4 Å². The molecule has 0 saturated carbocycles. The summed E-state index contributed by atoms with van der Waals surface area (Å²) in [5.41, 5.74) is 6.03. The molecule has 1 rings (SSSR count). The summed E-state index contributed by atoms with van der Waals surface area (Å²) in [6.45, 7) is 6.03. The number of imidazole rings is 1. The minimum absolute atomic E-state index is 0.190. The highest BCUT2D eigenvalue weighted by molar-refractivity contribution is 5.91. The molecule has 0 aliphatic carbocycles. The van der Waals surface area contributed by atoms with Gasteiger partial charge in [-0.2, -0.15) is 0 Å². The topological polar surface area (TPSA) is 73.4 Å². The van der Waals surface area contributed by atoms with E-state index in [-0.39, 0.29) is 5.69 Å². The summed E-state index contributed by atoms with van der Waals surface area (Å²) in [5, 5.41) is 0. The number of aromatic nitrogens is 2. The molecule has 6 nitrogen and oxygen atoms in total. The van der Waals surface area contributed by atoms with Crippen LogP contribution in [0.2, 0.25) is 0 Å². The first-order valence-electron chi connectivity index (χ1n) is 6.06. The number of nitrogens with two attached hydrogens (primary N) is 1. The molecule has 0 fully saturated rings. The lowest BCUT2D eigenvalue weighted by Crippen LogP contribution is -2.28. The molecule has 0 atom stereocenters. The van der Waals surface area contributed by atoms with Crippen LogP contribution in [0.1, 0.15) is 30.8 Å². The molecule has 0 spiro atoms. The molecular formula is C12H22N4O2. The maximum atomic E-state index is 11.3. The van der Waals surface area contributed by atoms with Crippen molar-refractivity contribution in [1.82, 2.24) is 14.5 Å². The minimum Gasteiger partial charge on any atom is -0.464 e. The van der Waals surface area contributed by atoms with Crippen LogP contribution in [-0.2, 0) is 11.3 Å². The number of ether oxygens (including phenoxy) is 1. The summed E-state index contributed by atoms with van der Waals surface area (Å²) in [5.74, 6) is -0.125. The quantitative estimate of drug-likeness (QED) is 0.766. The fourth-order valence-corrected chi connectivity index (χ4v) is 1.57. The van der Waals surface area contributed by atoms with Crippen LogP contribution in [0.25, 0.3) is 0 Å². The van der Waals surface area contributed by atoms with E-state index in [1.165, 1.54) is 7.11 Å². The monoisotopic (exact) mass is 254 g/mol. The van der Waals surface area contributed by atoms with Crippen molar-refractivity contribution in [3.8, 4) is 0 Å². The average molecular weight is 254 g/mol. The average Bonchev–Trinajstić information content (AvgIpc) is 2.70. The van der Waals surface area contributed by atoms with E-state index in [0.29, 0.717) is 11.9 Å². The number of carbonyl (C=O) groups is 1. The van der Waals surface area contributed by atoms with Crippen molar-refractivity contribution in [2.45, 2.75) is 32.9 Å². The van der Waals surface area contributed by atoms with E-state index in [2.05, 4.69) is 35.5 Å². The third kappa shape index (κ3) is 3.46. The summed E-state index contributed by atoms with van der Waals surface area (Å²) in [6.07, 6.45) is 2.53. The fourth-order valence-electron chi connectivity index (χ4n) is 1.57. The second-order valence-electron chi connectivity index (χ2n) is 4.59. The zero-order valence-corrected chi connectivity index (χ0v) is 11.5. The standard InChI is InChI=1S/C12H22N4O2/c1-9(2)15(3)6-5-7-16-8-14-10(11(16)13)12(17)18-4/h8-9H,5-7,13H2,1-4H3. The highest BCUT2D eigenvalue weighted by Gasteiger charge is 2.15. The van der Waals surface area contributed by atoms with Crippen LogP contribution in [0.4, 0.5) is 5.82 Å². The summed E-state index contributed by atoms with van der Waals surface area (Å²) in [7, 11) is 3.40. The van der Waals surface area contributed by atoms with E-state index in [1.807, 2.05) is 0 Å². The van der Waals surface area contributed by atoms with Crippen LogP contribution in [0, 0.1) is 0 Å².